The van der Waals surface area contributed by atoms with Crippen molar-refractivity contribution in [3.63, 3.8) is 0 Å². The molecule has 0 N–H and O–H groups in total. The Bertz CT molecular complexity index is 1120. The molecular weight excluding hydrogens is 408 g/mol. The fraction of sp³-hybridized carbons (Fsp3) is 0.417. The van der Waals surface area contributed by atoms with E-state index in [0.717, 1.165) is 28.3 Å². The van der Waals surface area contributed by atoms with Crippen LogP contribution in [-0.2, 0) is 25.5 Å². The van der Waals surface area contributed by atoms with Crippen molar-refractivity contribution in [2.75, 3.05) is 26.3 Å². The maximum atomic E-state index is 13.1. The van der Waals surface area contributed by atoms with E-state index >= 15 is 0 Å². The maximum absolute atomic E-state index is 13.1. The molecule has 2 aromatic heterocycles. The molecule has 0 radical (unpaired) electrons. The zero-order valence-electron chi connectivity index (χ0n) is 18.7. The van der Waals surface area contributed by atoms with E-state index in [1.165, 1.54) is 0 Å². The van der Waals surface area contributed by atoms with Crippen molar-refractivity contribution in [2.24, 2.45) is 0 Å². The predicted molar refractivity (Wildman–Crippen MR) is 118 cm³/mol. The van der Waals surface area contributed by atoms with E-state index in [4.69, 9.17) is 9.47 Å². The quantitative estimate of drug-likeness (QED) is 0.553. The lowest BCUT2D eigenvalue weighted by molar-refractivity contribution is -0.162. The molecule has 8 heteroatoms. The number of aryl methyl sites for hydroxylation is 3. The molecule has 168 valence electrons. The van der Waals surface area contributed by atoms with Crippen molar-refractivity contribution in [3.8, 4) is 0 Å². The number of ether oxygens (including phenoxy) is 2. The molecule has 0 bridgehead atoms. The molecule has 0 spiro atoms. The molecule has 3 aromatic rings. The Morgan fingerprint density at radius 3 is 2.56 bits per heavy atom. The first-order chi connectivity index (χ1) is 15.4. The van der Waals surface area contributed by atoms with E-state index < -0.39 is 12.1 Å². The largest absolute Gasteiger partial charge is 0.447 e. The molecule has 3 heterocycles. The summed E-state index contributed by atoms with van der Waals surface area (Å²) in [5.74, 6) is -0.633. The summed E-state index contributed by atoms with van der Waals surface area (Å²) < 4.78 is 12.9. The number of aromatic nitrogens is 3. The third-order valence-corrected chi connectivity index (χ3v) is 5.76. The van der Waals surface area contributed by atoms with Crippen LogP contribution in [-0.4, -0.2) is 57.7 Å². The van der Waals surface area contributed by atoms with Gasteiger partial charge in [-0.25, -0.2) is 9.50 Å². The summed E-state index contributed by atoms with van der Waals surface area (Å²) in [4.78, 5) is 32.3. The number of fused-ring (bicyclic) bond motifs is 1. The standard InChI is InChI=1S/C24H28N4O4/c1-16-15-21-25-17(2)20(18(3)28(21)26-16)9-10-22(29)32-23(19-7-5-4-6-8-19)24(30)27-11-13-31-14-12-27/h4-8,15,23H,9-14H2,1-3H3. The number of benzene rings is 1. The van der Waals surface area contributed by atoms with E-state index in [-0.39, 0.29) is 12.3 Å². The second-order valence-corrected chi connectivity index (χ2v) is 8.04. The smallest absolute Gasteiger partial charge is 0.307 e. The van der Waals surface area contributed by atoms with Gasteiger partial charge in [0.2, 0.25) is 6.10 Å². The lowest BCUT2D eigenvalue weighted by atomic mass is 10.1. The number of amides is 1. The number of carbonyl (C=O) groups excluding carboxylic acids is 2. The zero-order valence-corrected chi connectivity index (χ0v) is 18.7. The van der Waals surface area contributed by atoms with Gasteiger partial charge in [0, 0.05) is 42.5 Å². The first-order valence-corrected chi connectivity index (χ1v) is 10.9. The first-order valence-electron chi connectivity index (χ1n) is 10.9. The highest BCUT2D eigenvalue weighted by Crippen LogP contribution is 2.23. The summed E-state index contributed by atoms with van der Waals surface area (Å²) in [5, 5.41) is 4.48. The second kappa shape index (κ2) is 9.48. The summed E-state index contributed by atoms with van der Waals surface area (Å²) in [6.45, 7) is 7.80. The highest BCUT2D eigenvalue weighted by atomic mass is 16.5. The van der Waals surface area contributed by atoms with E-state index in [9.17, 15) is 9.59 Å². The van der Waals surface area contributed by atoms with E-state index in [1.807, 2.05) is 57.2 Å². The summed E-state index contributed by atoms with van der Waals surface area (Å²) in [7, 11) is 0. The van der Waals surface area contributed by atoms with Crippen molar-refractivity contribution in [2.45, 2.75) is 39.7 Å². The predicted octanol–water partition coefficient (Wildman–Crippen LogP) is 2.73. The lowest BCUT2D eigenvalue weighted by Crippen LogP contribution is -2.44. The summed E-state index contributed by atoms with van der Waals surface area (Å²) in [5.41, 5.74) is 5.14. The van der Waals surface area contributed by atoms with Crippen LogP contribution in [0.3, 0.4) is 0 Å². The van der Waals surface area contributed by atoms with Crippen molar-refractivity contribution in [1.82, 2.24) is 19.5 Å². The highest BCUT2D eigenvalue weighted by Gasteiger charge is 2.30. The van der Waals surface area contributed by atoms with Gasteiger partial charge in [-0.2, -0.15) is 5.10 Å². The minimum Gasteiger partial charge on any atom is -0.447 e. The molecule has 1 atom stereocenters. The molecule has 0 aliphatic carbocycles. The van der Waals surface area contributed by atoms with Crippen LogP contribution in [0.25, 0.3) is 5.65 Å². The van der Waals surface area contributed by atoms with Gasteiger partial charge in [-0.15, -0.1) is 0 Å². The van der Waals surface area contributed by atoms with Crippen LogP contribution in [0.4, 0.5) is 0 Å². The van der Waals surface area contributed by atoms with E-state index in [1.54, 1.807) is 9.42 Å². The van der Waals surface area contributed by atoms with Gasteiger partial charge in [0.05, 0.1) is 18.9 Å². The Morgan fingerprint density at radius 1 is 1.12 bits per heavy atom. The molecular formula is C24H28N4O4. The first kappa shape index (κ1) is 22.0. The monoisotopic (exact) mass is 436 g/mol. The molecule has 1 aromatic carbocycles. The van der Waals surface area contributed by atoms with E-state index in [0.29, 0.717) is 38.3 Å². The molecule has 1 fully saturated rings. The molecule has 1 aliphatic heterocycles. The molecule has 1 amide bonds. The van der Waals surface area contributed by atoms with Crippen LogP contribution in [0.2, 0.25) is 0 Å². The Labute approximate surface area is 187 Å². The van der Waals surface area contributed by atoms with Gasteiger partial charge in [-0.1, -0.05) is 30.3 Å². The molecule has 1 saturated heterocycles. The SMILES string of the molecule is Cc1cc2nc(C)c(CCC(=O)OC(C(=O)N3CCOCC3)c3ccccc3)c(C)n2n1. The number of nitrogens with zero attached hydrogens (tertiary/aromatic N) is 4. The lowest BCUT2D eigenvalue weighted by Gasteiger charge is -2.30. The van der Waals surface area contributed by atoms with Crippen molar-refractivity contribution < 1.29 is 19.1 Å². The number of carbonyl (C=O) groups is 2. The third-order valence-electron chi connectivity index (χ3n) is 5.76. The second-order valence-electron chi connectivity index (χ2n) is 8.04. The molecule has 8 nitrogen and oxygen atoms in total. The summed E-state index contributed by atoms with van der Waals surface area (Å²) in [6, 6.07) is 11.1. The topological polar surface area (TPSA) is 86.0 Å². The van der Waals surface area contributed by atoms with Gasteiger partial charge in [-0.3, -0.25) is 9.59 Å². The van der Waals surface area contributed by atoms with Crippen LogP contribution in [0.1, 0.15) is 40.7 Å². The van der Waals surface area contributed by atoms with Gasteiger partial charge in [0.25, 0.3) is 5.91 Å². The number of hydrogen-bond acceptors (Lipinski definition) is 6. The minimum absolute atomic E-state index is 0.148. The summed E-state index contributed by atoms with van der Waals surface area (Å²) >= 11 is 0. The van der Waals surface area contributed by atoms with Gasteiger partial charge >= 0.3 is 5.97 Å². The van der Waals surface area contributed by atoms with Gasteiger partial charge < -0.3 is 14.4 Å². The normalized spacial score (nSPS) is 15.0. The highest BCUT2D eigenvalue weighted by molar-refractivity contribution is 5.85. The fourth-order valence-electron chi connectivity index (χ4n) is 4.06. The summed E-state index contributed by atoms with van der Waals surface area (Å²) in [6.07, 6.45) is -0.348. The van der Waals surface area contributed by atoms with E-state index in [2.05, 4.69) is 10.1 Å². The minimum atomic E-state index is -0.960. The van der Waals surface area contributed by atoms with Gasteiger partial charge in [0.1, 0.15) is 0 Å². The van der Waals surface area contributed by atoms with Crippen LogP contribution in [0, 0.1) is 20.8 Å². The zero-order chi connectivity index (χ0) is 22.7. The Hall–Kier alpha value is -3.26. The number of esters is 1. The van der Waals surface area contributed by atoms with Crippen molar-refractivity contribution in [1.29, 1.82) is 0 Å². The number of morpholine rings is 1. The fourth-order valence-corrected chi connectivity index (χ4v) is 4.06. The molecule has 32 heavy (non-hydrogen) atoms. The average Bonchev–Trinajstić information content (AvgIpc) is 3.18. The van der Waals surface area contributed by atoms with Gasteiger partial charge in [-0.05, 0) is 32.8 Å². The van der Waals surface area contributed by atoms with Crippen LogP contribution in [0.15, 0.2) is 36.4 Å². The number of rotatable bonds is 6. The van der Waals surface area contributed by atoms with Crippen molar-refractivity contribution in [3.05, 3.63) is 64.6 Å². The average molecular weight is 437 g/mol. The maximum Gasteiger partial charge on any atom is 0.307 e. The van der Waals surface area contributed by atoms with Crippen LogP contribution < -0.4 is 0 Å². The Kier molecular flexibility index (Phi) is 6.50. The Morgan fingerprint density at radius 2 is 1.84 bits per heavy atom. The van der Waals surface area contributed by atoms with Crippen molar-refractivity contribution >= 4 is 17.5 Å². The Balaban J connectivity index is 1.49. The molecule has 4 rings (SSSR count). The molecule has 1 aliphatic rings. The molecule has 0 saturated carbocycles. The molecule has 1 unspecified atom stereocenters. The number of hydrogen-bond donors (Lipinski definition) is 0. The van der Waals surface area contributed by atoms with Crippen LogP contribution in [0.5, 0.6) is 0 Å². The third kappa shape index (κ3) is 4.65. The van der Waals surface area contributed by atoms with Crippen LogP contribution >= 0.6 is 0 Å². The van der Waals surface area contributed by atoms with Gasteiger partial charge in [0.15, 0.2) is 5.65 Å².